The molecule has 6 nitrogen and oxygen atoms in total. The molecule has 0 radical (unpaired) electrons. The van der Waals surface area contributed by atoms with E-state index in [1.165, 1.54) is 11.3 Å². The summed E-state index contributed by atoms with van der Waals surface area (Å²) in [5.41, 5.74) is 1.49. The van der Waals surface area contributed by atoms with Crippen LogP contribution in [-0.4, -0.2) is 36.2 Å². The molecule has 1 atom stereocenters. The molecule has 1 aromatic heterocycles. The number of aromatic nitrogens is 1. The number of halogens is 3. The number of fused-ring (bicyclic) bond motifs is 1. The van der Waals surface area contributed by atoms with E-state index < -0.39 is 30.8 Å². The molecule has 1 unspecified atom stereocenters. The number of rotatable bonds is 3. The summed E-state index contributed by atoms with van der Waals surface area (Å²) in [5.74, 6) is -2.03. The van der Waals surface area contributed by atoms with Crippen molar-refractivity contribution in [3.05, 3.63) is 23.6 Å². The summed E-state index contributed by atoms with van der Waals surface area (Å²) in [4.78, 5) is 16.4. The topological polar surface area (TPSA) is 72.5 Å². The Balaban J connectivity index is 0.00000182. The fraction of sp³-hybridized carbons (Fsp3) is 0.333. The summed E-state index contributed by atoms with van der Waals surface area (Å²) in [6.45, 7) is -0.290. The van der Waals surface area contributed by atoms with Gasteiger partial charge in [0.2, 0.25) is 12.7 Å². The van der Waals surface area contributed by atoms with E-state index in [-0.39, 0.29) is 19.2 Å². The molecule has 3 heterocycles. The van der Waals surface area contributed by atoms with E-state index in [0.717, 1.165) is 5.56 Å². The highest BCUT2D eigenvalue weighted by Crippen LogP contribution is 2.36. The Bertz CT molecular complexity index is 802. The molecule has 25 heavy (non-hydrogen) atoms. The first-order valence-corrected chi connectivity index (χ1v) is 8.16. The third-order valence-corrected chi connectivity index (χ3v) is 4.59. The van der Waals surface area contributed by atoms with Crippen molar-refractivity contribution in [2.75, 3.05) is 18.7 Å². The molecule has 2 aliphatic rings. The fourth-order valence-corrected chi connectivity index (χ4v) is 3.34. The van der Waals surface area contributed by atoms with Crippen molar-refractivity contribution in [3.63, 3.8) is 0 Å². The molecule has 0 bridgehead atoms. The van der Waals surface area contributed by atoms with Gasteiger partial charge in [0.25, 0.3) is 5.92 Å². The lowest BCUT2D eigenvalue weighted by molar-refractivity contribution is -0.118. The van der Waals surface area contributed by atoms with Crippen molar-refractivity contribution < 1.29 is 23.0 Å². The van der Waals surface area contributed by atoms with Crippen molar-refractivity contribution in [2.45, 2.75) is 18.4 Å². The molecule has 1 fully saturated rings. The second-order valence-corrected chi connectivity index (χ2v) is 6.45. The first kappa shape index (κ1) is 17.8. The lowest BCUT2D eigenvalue weighted by Crippen LogP contribution is -2.35. The molecule has 1 aromatic carbocycles. The van der Waals surface area contributed by atoms with E-state index in [2.05, 4.69) is 15.6 Å². The van der Waals surface area contributed by atoms with Crippen LogP contribution in [0.1, 0.15) is 6.42 Å². The summed E-state index contributed by atoms with van der Waals surface area (Å²) < 4.78 is 36.9. The first-order valence-electron chi connectivity index (χ1n) is 7.28. The monoisotopic (exact) mass is 389 g/mol. The summed E-state index contributed by atoms with van der Waals surface area (Å²) in [6.07, 6.45) is -0.501. The van der Waals surface area contributed by atoms with Gasteiger partial charge in [-0.15, -0.1) is 23.7 Å². The van der Waals surface area contributed by atoms with Crippen LogP contribution in [0.3, 0.4) is 0 Å². The SMILES string of the molecule is Cl.O=C(Nc1nc(-c2ccc3c(c2)OCO3)cs1)C1CC(F)(F)CN1. The predicted octanol–water partition coefficient (Wildman–Crippen LogP) is 2.90. The number of nitrogens with one attached hydrogen (secondary N) is 2. The summed E-state index contributed by atoms with van der Waals surface area (Å²) >= 11 is 1.23. The number of carbonyl (C=O) groups is 1. The van der Waals surface area contributed by atoms with Crippen molar-refractivity contribution in [3.8, 4) is 22.8 Å². The standard InChI is InChI=1S/C15H13F2N3O3S.ClH/c16-15(17)4-9(18-6-15)13(21)20-14-19-10(5-24-14)8-1-2-11-12(3-8)23-7-22-11;/h1-3,5,9,18H,4,6-7H2,(H,19,20,21);1H. The van der Waals surface area contributed by atoms with Crippen LogP contribution in [0.2, 0.25) is 0 Å². The molecule has 4 rings (SSSR count). The second-order valence-electron chi connectivity index (χ2n) is 5.59. The molecule has 1 amide bonds. The van der Waals surface area contributed by atoms with Gasteiger partial charge < -0.3 is 14.8 Å². The van der Waals surface area contributed by atoms with Gasteiger partial charge in [-0.25, -0.2) is 13.8 Å². The second kappa shape index (κ2) is 6.74. The van der Waals surface area contributed by atoms with Crippen LogP contribution in [0.15, 0.2) is 23.6 Å². The van der Waals surface area contributed by atoms with Gasteiger partial charge in [-0.05, 0) is 18.2 Å². The smallest absolute Gasteiger partial charge is 0.262 e. The number of thiazole rings is 1. The summed E-state index contributed by atoms with van der Waals surface area (Å²) in [5, 5.41) is 7.25. The van der Waals surface area contributed by atoms with Crippen LogP contribution in [-0.2, 0) is 4.79 Å². The van der Waals surface area contributed by atoms with Crippen LogP contribution < -0.4 is 20.1 Å². The Morgan fingerprint density at radius 2 is 2.16 bits per heavy atom. The van der Waals surface area contributed by atoms with Crippen LogP contribution in [0.25, 0.3) is 11.3 Å². The predicted molar refractivity (Wildman–Crippen MR) is 90.9 cm³/mol. The number of nitrogens with zero attached hydrogens (tertiary/aromatic N) is 1. The van der Waals surface area contributed by atoms with Crippen molar-refractivity contribution in [1.82, 2.24) is 10.3 Å². The highest BCUT2D eigenvalue weighted by molar-refractivity contribution is 7.14. The highest BCUT2D eigenvalue weighted by atomic mass is 35.5. The molecule has 10 heteroatoms. The number of anilines is 1. The highest BCUT2D eigenvalue weighted by Gasteiger charge is 2.42. The number of benzene rings is 1. The van der Waals surface area contributed by atoms with Crippen LogP contribution >= 0.6 is 23.7 Å². The molecule has 0 aliphatic carbocycles. The van der Waals surface area contributed by atoms with Gasteiger partial charge in [-0.3, -0.25) is 10.1 Å². The van der Waals surface area contributed by atoms with E-state index in [9.17, 15) is 13.6 Å². The van der Waals surface area contributed by atoms with Crippen LogP contribution in [0, 0.1) is 0 Å². The minimum Gasteiger partial charge on any atom is -0.454 e. The van der Waals surface area contributed by atoms with Gasteiger partial charge in [0.05, 0.1) is 18.3 Å². The first-order chi connectivity index (χ1) is 11.5. The van der Waals surface area contributed by atoms with Crippen molar-refractivity contribution in [2.24, 2.45) is 0 Å². The fourth-order valence-electron chi connectivity index (χ4n) is 2.61. The maximum atomic E-state index is 13.2. The van der Waals surface area contributed by atoms with Gasteiger partial charge in [0, 0.05) is 17.4 Å². The molecule has 0 spiro atoms. The maximum Gasteiger partial charge on any atom is 0.262 e. The average Bonchev–Trinajstić information content (AvgIpc) is 3.25. The van der Waals surface area contributed by atoms with Gasteiger partial charge >= 0.3 is 0 Å². The van der Waals surface area contributed by atoms with Gasteiger partial charge in [-0.2, -0.15) is 0 Å². The minimum atomic E-state index is -2.84. The number of hydrogen-bond donors (Lipinski definition) is 2. The van der Waals surface area contributed by atoms with Crippen molar-refractivity contribution >= 4 is 34.8 Å². The van der Waals surface area contributed by atoms with E-state index in [1.807, 2.05) is 12.1 Å². The largest absolute Gasteiger partial charge is 0.454 e. The van der Waals surface area contributed by atoms with E-state index in [1.54, 1.807) is 11.4 Å². The lowest BCUT2D eigenvalue weighted by Gasteiger charge is -2.09. The zero-order valence-corrected chi connectivity index (χ0v) is 14.4. The number of ether oxygens (including phenoxy) is 2. The Morgan fingerprint density at radius 3 is 2.92 bits per heavy atom. The number of carbonyl (C=O) groups excluding carboxylic acids is 1. The maximum absolute atomic E-state index is 13.2. The molecule has 134 valence electrons. The quantitative estimate of drug-likeness (QED) is 0.844. The van der Waals surface area contributed by atoms with Gasteiger partial charge in [0.15, 0.2) is 16.6 Å². The number of hydrogen-bond acceptors (Lipinski definition) is 6. The van der Waals surface area contributed by atoms with E-state index in [0.29, 0.717) is 22.3 Å². The van der Waals surface area contributed by atoms with Crippen molar-refractivity contribution in [1.29, 1.82) is 0 Å². The zero-order valence-electron chi connectivity index (χ0n) is 12.8. The van der Waals surface area contributed by atoms with E-state index >= 15 is 0 Å². The molecule has 2 aromatic rings. The number of alkyl halides is 2. The van der Waals surface area contributed by atoms with Gasteiger partial charge in [0.1, 0.15) is 0 Å². The van der Waals surface area contributed by atoms with Crippen LogP contribution in [0.4, 0.5) is 13.9 Å². The molecular formula is C15H14ClF2N3O3S. The molecule has 2 N–H and O–H groups in total. The molecule has 0 saturated carbocycles. The van der Waals surface area contributed by atoms with Gasteiger partial charge in [-0.1, -0.05) is 0 Å². The molecule has 1 saturated heterocycles. The Morgan fingerprint density at radius 1 is 1.36 bits per heavy atom. The minimum absolute atomic E-state index is 0. The van der Waals surface area contributed by atoms with E-state index in [4.69, 9.17) is 9.47 Å². The third-order valence-electron chi connectivity index (χ3n) is 3.83. The molecule has 2 aliphatic heterocycles. The zero-order chi connectivity index (χ0) is 16.7. The Hall–Kier alpha value is -1.97. The average molecular weight is 390 g/mol. The lowest BCUT2D eigenvalue weighted by atomic mass is 10.1. The number of amides is 1. The normalized spacial score (nSPS) is 20.2. The Kier molecular flexibility index (Phi) is 4.81. The van der Waals surface area contributed by atoms with Crippen LogP contribution in [0.5, 0.6) is 11.5 Å². The summed E-state index contributed by atoms with van der Waals surface area (Å²) in [7, 11) is 0. The Labute approximate surface area is 151 Å². The third kappa shape index (κ3) is 3.68. The molecular weight excluding hydrogens is 376 g/mol. The summed E-state index contributed by atoms with van der Waals surface area (Å²) in [6, 6.07) is 4.53.